The monoisotopic (exact) mass is 267 g/mol. The second kappa shape index (κ2) is 6.75. The van der Waals surface area contributed by atoms with Crippen LogP contribution in [0.3, 0.4) is 0 Å². The zero-order valence-electron chi connectivity index (χ0n) is 11.6. The molecule has 1 heterocycles. The number of rotatable bonds is 6. The Balaban J connectivity index is 1.82. The van der Waals surface area contributed by atoms with Crippen molar-refractivity contribution in [1.29, 1.82) is 0 Å². The van der Waals surface area contributed by atoms with Gasteiger partial charge >= 0.3 is 0 Å². The fourth-order valence-corrected chi connectivity index (χ4v) is 2.08. The van der Waals surface area contributed by atoms with Gasteiger partial charge in [0.05, 0.1) is 6.04 Å². The van der Waals surface area contributed by atoms with Gasteiger partial charge in [0.1, 0.15) is 12.7 Å². The first kappa shape index (κ1) is 14.1. The number of methoxy groups -OCH3 is 2. The Morgan fingerprint density at radius 2 is 1.95 bits per heavy atom. The van der Waals surface area contributed by atoms with Crippen molar-refractivity contribution in [3.8, 4) is 11.5 Å². The van der Waals surface area contributed by atoms with Gasteiger partial charge in [-0.25, -0.2) is 0 Å². The van der Waals surface area contributed by atoms with E-state index in [2.05, 4.69) is 5.32 Å². The summed E-state index contributed by atoms with van der Waals surface area (Å²) < 4.78 is 21.9. The molecule has 2 rings (SSSR count). The van der Waals surface area contributed by atoms with Crippen LogP contribution in [0.15, 0.2) is 24.3 Å². The third-order valence-corrected chi connectivity index (χ3v) is 3.11. The number of para-hydroxylation sites is 2. The van der Waals surface area contributed by atoms with E-state index in [0.29, 0.717) is 13.2 Å². The van der Waals surface area contributed by atoms with Gasteiger partial charge in [0.2, 0.25) is 0 Å². The first-order valence-electron chi connectivity index (χ1n) is 6.42. The topological polar surface area (TPSA) is 49.0 Å². The molecule has 5 heteroatoms. The van der Waals surface area contributed by atoms with Gasteiger partial charge in [0.25, 0.3) is 0 Å². The molecule has 0 amide bonds. The third-order valence-electron chi connectivity index (χ3n) is 3.11. The van der Waals surface area contributed by atoms with Gasteiger partial charge in [-0.2, -0.15) is 0 Å². The van der Waals surface area contributed by atoms with Gasteiger partial charge in [0, 0.05) is 20.8 Å². The Kier molecular flexibility index (Phi) is 5.01. The van der Waals surface area contributed by atoms with E-state index >= 15 is 0 Å². The summed E-state index contributed by atoms with van der Waals surface area (Å²) in [4.78, 5) is 0. The van der Waals surface area contributed by atoms with Crippen molar-refractivity contribution in [2.24, 2.45) is 0 Å². The number of benzene rings is 1. The van der Waals surface area contributed by atoms with E-state index in [4.69, 9.17) is 18.9 Å². The van der Waals surface area contributed by atoms with Gasteiger partial charge in [-0.05, 0) is 19.1 Å². The van der Waals surface area contributed by atoms with Crippen molar-refractivity contribution in [3.05, 3.63) is 24.3 Å². The molecular formula is C14H21NO4. The quantitative estimate of drug-likeness (QED) is 0.790. The molecule has 5 nitrogen and oxygen atoms in total. The fraction of sp³-hybridized carbons (Fsp3) is 0.571. The van der Waals surface area contributed by atoms with Crippen molar-refractivity contribution >= 4 is 0 Å². The molecule has 0 spiro atoms. The molecule has 1 aliphatic rings. The average molecular weight is 267 g/mol. The van der Waals surface area contributed by atoms with E-state index in [-0.39, 0.29) is 18.4 Å². The summed E-state index contributed by atoms with van der Waals surface area (Å²) in [5.74, 6) is 1.60. The van der Waals surface area contributed by atoms with Crippen LogP contribution in [0.25, 0.3) is 0 Å². The fourth-order valence-electron chi connectivity index (χ4n) is 2.08. The minimum atomic E-state index is -0.267. The highest BCUT2D eigenvalue weighted by atomic mass is 16.7. The first-order chi connectivity index (χ1) is 9.24. The molecule has 2 unspecified atom stereocenters. The zero-order chi connectivity index (χ0) is 13.7. The summed E-state index contributed by atoms with van der Waals surface area (Å²) in [5, 5.41) is 3.33. The van der Waals surface area contributed by atoms with Crippen molar-refractivity contribution in [1.82, 2.24) is 5.32 Å². The minimum absolute atomic E-state index is 0.00767. The third kappa shape index (κ3) is 3.59. The molecule has 0 bridgehead atoms. The lowest BCUT2D eigenvalue weighted by atomic mass is 10.2. The Morgan fingerprint density at radius 1 is 1.26 bits per heavy atom. The molecule has 0 aliphatic carbocycles. The predicted molar refractivity (Wildman–Crippen MR) is 71.6 cm³/mol. The summed E-state index contributed by atoms with van der Waals surface area (Å²) in [7, 11) is 3.26. The normalized spacial score (nSPS) is 19.5. The molecule has 1 N–H and O–H groups in total. The lowest BCUT2D eigenvalue weighted by Crippen LogP contribution is -2.46. The Labute approximate surface area is 113 Å². The average Bonchev–Trinajstić information content (AvgIpc) is 2.46. The highest BCUT2D eigenvalue weighted by molar-refractivity contribution is 5.40. The summed E-state index contributed by atoms with van der Waals surface area (Å²) in [6, 6.07) is 7.78. The van der Waals surface area contributed by atoms with Gasteiger partial charge < -0.3 is 24.3 Å². The smallest absolute Gasteiger partial charge is 0.171 e. The molecule has 2 atom stereocenters. The molecular weight excluding hydrogens is 246 g/mol. The summed E-state index contributed by atoms with van der Waals surface area (Å²) in [6.45, 7) is 3.23. The molecule has 0 aromatic heterocycles. The van der Waals surface area contributed by atoms with Crippen molar-refractivity contribution in [2.45, 2.75) is 25.4 Å². The van der Waals surface area contributed by atoms with E-state index in [1.165, 1.54) is 0 Å². The molecule has 1 aliphatic heterocycles. The van der Waals surface area contributed by atoms with Crippen LogP contribution in [0.5, 0.6) is 11.5 Å². The van der Waals surface area contributed by atoms with Crippen LogP contribution in [0, 0.1) is 0 Å². The molecule has 0 saturated carbocycles. The van der Waals surface area contributed by atoms with Gasteiger partial charge in [-0.3, -0.25) is 0 Å². The van der Waals surface area contributed by atoms with Gasteiger partial charge in [-0.15, -0.1) is 0 Å². The van der Waals surface area contributed by atoms with Crippen LogP contribution in [-0.2, 0) is 9.47 Å². The lowest BCUT2D eigenvalue weighted by Gasteiger charge is -2.29. The Bertz CT molecular complexity index is 395. The van der Waals surface area contributed by atoms with E-state index in [9.17, 15) is 0 Å². The van der Waals surface area contributed by atoms with Crippen molar-refractivity contribution in [3.63, 3.8) is 0 Å². The van der Waals surface area contributed by atoms with Gasteiger partial charge in [0.15, 0.2) is 17.8 Å². The zero-order valence-corrected chi connectivity index (χ0v) is 11.6. The Hall–Kier alpha value is -1.30. The second-order valence-corrected chi connectivity index (χ2v) is 4.53. The maximum Gasteiger partial charge on any atom is 0.171 e. The van der Waals surface area contributed by atoms with E-state index < -0.39 is 0 Å². The van der Waals surface area contributed by atoms with E-state index in [0.717, 1.165) is 11.5 Å². The predicted octanol–water partition coefficient (Wildman–Crippen LogP) is 1.42. The number of fused-ring (bicyclic) bond motifs is 1. The molecule has 0 saturated heterocycles. The lowest BCUT2D eigenvalue weighted by molar-refractivity contribution is -0.120. The first-order valence-corrected chi connectivity index (χ1v) is 6.42. The van der Waals surface area contributed by atoms with E-state index in [1.54, 1.807) is 14.2 Å². The largest absolute Gasteiger partial charge is 0.486 e. The van der Waals surface area contributed by atoms with Crippen molar-refractivity contribution < 1.29 is 18.9 Å². The highest BCUT2D eigenvalue weighted by Crippen LogP contribution is 2.30. The summed E-state index contributed by atoms with van der Waals surface area (Å²) >= 11 is 0. The van der Waals surface area contributed by atoms with E-state index in [1.807, 2.05) is 31.2 Å². The standard InChI is InChI=1S/C14H21NO4/c1-10(14(16-2)17-3)15-8-11-9-18-12-6-4-5-7-13(12)19-11/h4-7,10-11,14-15H,8-9H2,1-3H3. The van der Waals surface area contributed by atoms with Crippen LogP contribution < -0.4 is 14.8 Å². The molecule has 0 fully saturated rings. The van der Waals surface area contributed by atoms with Crippen LogP contribution in [0.2, 0.25) is 0 Å². The maximum atomic E-state index is 5.86. The van der Waals surface area contributed by atoms with Crippen molar-refractivity contribution in [2.75, 3.05) is 27.4 Å². The van der Waals surface area contributed by atoms with Gasteiger partial charge in [-0.1, -0.05) is 12.1 Å². The number of hydrogen-bond acceptors (Lipinski definition) is 5. The SMILES string of the molecule is COC(OC)C(C)NCC1COc2ccccc2O1. The minimum Gasteiger partial charge on any atom is -0.486 e. The number of nitrogens with one attached hydrogen (secondary N) is 1. The van der Waals surface area contributed by atoms with Crippen LogP contribution >= 0.6 is 0 Å². The highest BCUT2D eigenvalue weighted by Gasteiger charge is 2.22. The molecule has 0 radical (unpaired) electrons. The molecule has 1 aromatic carbocycles. The van der Waals surface area contributed by atoms with Crippen LogP contribution in [0.1, 0.15) is 6.92 Å². The summed E-state index contributed by atoms with van der Waals surface area (Å²) in [5.41, 5.74) is 0. The second-order valence-electron chi connectivity index (χ2n) is 4.53. The molecule has 1 aromatic rings. The van der Waals surface area contributed by atoms with Crippen LogP contribution in [0.4, 0.5) is 0 Å². The number of ether oxygens (including phenoxy) is 4. The Morgan fingerprint density at radius 3 is 2.63 bits per heavy atom. The maximum absolute atomic E-state index is 5.86. The summed E-state index contributed by atoms with van der Waals surface area (Å²) in [6.07, 6.45) is -0.275. The van der Waals surface area contributed by atoms with Crippen LogP contribution in [-0.4, -0.2) is 45.8 Å². The number of hydrogen-bond donors (Lipinski definition) is 1. The molecule has 106 valence electrons. The molecule has 19 heavy (non-hydrogen) atoms.